The second-order valence-electron chi connectivity index (χ2n) is 6.31. The summed E-state index contributed by atoms with van der Waals surface area (Å²) in [6.45, 7) is 1.44. The molecule has 1 aliphatic rings. The largest absolute Gasteiger partial charge is 0.493 e. The molecule has 27 heavy (non-hydrogen) atoms. The van der Waals surface area contributed by atoms with E-state index in [1.165, 1.54) is 19.7 Å². The lowest BCUT2D eigenvalue weighted by molar-refractivity contribution is 0.353. The van der Waals surface area contributed by atoms with Crippen molar-refractivity contribution < 1.29 is 17.9 Å². The van der Waals surface area contributed by atoms with Crippen LogP contribution < -0.4 is 19.1 Å². The third kappa shape index (κ3) is 4.06. The van der Waals surface area contributed by atoms with Gasteiger partial charge in [-0.05, 0) is 41.8 Å². The molecule has 0 saturated carbocycles. The minimum absolute atomic E-state index is 0.177. The SMILES string of the molecule is COc1cc2c(cc1OC)CN(c1ccc(NS(=O)(=O)N(C)C)nn1)CC2. The number of benzene rings is 1. The Bertz CT molecular complexity index is 916. The zero-order chi connectivity index (χ0) is 19.6. The van der Waals surface area contributed by atoms with Crippen LogP contribution in [0.3, 0.4) is 0 Å². The molecule has 0 spiro atoms. The monoisotopic (exact) mass is 393 g/mol. The van der Waals surface area contributed by atoms with Crippen molar-refractivity contribution in [2.45, 2.75) is 13.0 Å². The number of rotatable bonds is 6. The maximum Gasteiger partial charge on any atom is 0.302 e. The van der Waals surface area contributed by atoms with Crippen molar-refractivity contribution in [2.75, 3.05) is 44.5 Å². The van der Waals surface area contributed by atoms with E-state index in [0.717, 1.165) is 28.6 Å². The van der Waals surface area contributed by atoms with Gasteiger partial charge in [-0.1, -0.05) is 0 Å². The third-order valence-corrected chi connectivity index (χ3v) is 5.84. The molecule has 9 nitrogen and oxygen atoms in total. The van der Waals surface area contributed by atoms with Crippen molar-refractivity contribution >= 4 is 21.8 Å². The number of nitrogens with one attached hydrogen (secondary N) is 1. The summed E-state index contributed by atoms with van der Waals surface area (Å²) in [5, 5.41) is 8.15. The summed E-state index contributed by atoms with van der Waals surface area (Å²) in [5.41, 5.74) is 2.35. The molecule has 0 atom stereocenters. The van der Waals surface area contributed by atoms with Gasteiger partial charge in [-0.15, -0.1) is 10.2 Å². The van der Waals surface area contributed by atoms with Crippen molar-refractivity contribution in [1.82, 2.24) is 14.5 Å². The van der Waals surface area contributed by atoms with Crippen LogP contribution in [0, 0.1) is 0 Å². The fourth-order valence-corrected chi connectivity index (χ4v) is 3.41. The quantitative estimate of drug-likeness (QED) is 0.789. The normalized spacial score (nSPS) is 14.0. The van der Waals surface area contributed by atoms with E-state index in [4.69, 9.17) is 9.47 Å². The molecule has 1 aromatic heterocycles. The Kier molecular flexibility index (Phi) is 5.38. The lowest BCUT2D eigenvalue weighted by Gasteiger charge is -2.30. The summed E-state index contributed by atoms with van der Waals surface area (Å²) in [6, 6.07) is 7.35. The number of nitrogens with zero attached hydrogens (tertiary/aromatic N) is 4. The van der Waals surface area contributed by atoms with Crippen LogP contribution in [0.5, 0.6) is 11.5 Å². The molecule has 0 aliphatic carbocycles. The molecule has 0 bridgehead atoms. The van der Waals surface area contributed by atoms with Crippen LogP contribution >= 0.6 is 0 Å². The Labute approximate surface area is 159 Å². The van der Waals surface area contributed by atoms with Crippen molar-refractivity contribution in [2.24, 2.45) is 0 Å². The number of ether oxygens (including phenoxy) is 2. The van der Waals surface area contributed by atoms with E-state index in [0.29, 0.717) is 18.1 Å². The lowest BCUT2D eigenvalue weighted by atomic mass is 9.99. The first kappa shape index (κ1) is 19.2. The molecule has 0 radical (unpaired) electrons. The molecule has 146 valence electrons. The average molecular weight is 393 g/mol. The fraction of sp³-hybridized carbons (Fsp3) is 0.412. The minimum atomic E-state index is -3.60. The second-order valence-corrected chi connectivity index (χ2v) is 8.20. The predicted molar refractivity (Wildman–Crippen MR) is 103 cm³/mol. The van der Waals surface area contributed by atoms with E-state index >= 15 is 0 Å². The molecule has 0 fully saturated rings. The molecule has 0 amide bonds. The van der Waals surface area contributed by atoms with Gasteiger partial charge in [0.25, 0.3) is 0 Å². The third-order valence-electron chi connectivity index (χ3n) is 4.41. The van der Waals surface area contributed by atoms with Crippen LogP contribution in [0.4, 0.5) is 11.6 Å². The van der Waals surface area contributed by atoms with Gasteiger partial charge in [0.05, 0.1) is 14.2 Å². The Morgan fingerprint density at radius 3 is 2.30 bits per heavy atom. The van der Waals surface area contributed by atoms with Gasteiger partial charge in [-0.3, -0.25) is 4.72 Å². The molecule has 0 saturated heterocycles. The van der Waals surface area contributed by atoms with Gasteiger partial charge in [0.1, 0.15) is 0 Å². The average Bonchev–Trinajstić information content (AvgIpc) is 2.66. The van der Waals surface area contributed by atoms with Crippen molar-refractivity contribution in [1.29, 1.82) is 0 Å². The Morgan fingerprint density at radius 2 is 1.74 bits per heavy atom. The van der Waals surface area contributed by atoms with Gasteiger partial charge in [0, 0.05) is 27.2 Å². The molecule has 1 N–H and O–H groups in total. The molecular weight excluding hydrogens is 370 g/mol. The Hall–Kier alpha value is -2.59. The van der Waals surface area contributed by atoms with Gasteiger partial charge in [-0.2, -0.15) is 12.7 Å². The smallest absolute Gasteiger partial charge is 0.302 e. The van der Waals surface area contributed by atoms with Gasteiger partial charge in [0.2, 0.25) is 0 Å². The summed E-state index contributed by atoms with van der Waals surface area (Å²) >= 11 is 0. The van der Waals surface area contributed by atoms with Crippen molar-refractivity contribution in [3.8, 4) is 11.5 Å². The fourth-order valence-electron chi connectivity index (χ4n) is 2.85. The number of hydrogen-bond acceptors (Lipinski definition) is 7. The molecule has 10 heteroatoms. The summed E-state index contributed by atoms with van der Waals surface area (Å²) in [4.78, 5) is 2.09. The zero-order valence-corrected chi connectivity index (χ0v) is 16.6. The summed E-state index contributed by atoms with van der Waals surface area (Å²) in [5.74, 6) is 2.28. The zero-order valence-electron chi connectivity index (χ0n) is 15.8. The molecule has 0 unspecified atom stereocenters. The van der Waals surface area contributed by atoms with E-state index in [9.17, 15) is 8.42 Å². The Balaban J connectivity index is 1.77. The van der Waals surface area contributed by atoms with Crippen LogP contribution in [0.2, 0.25) is 0 Å². The maximum absolute atomic E-state index is 11.9. The maximum atomic E-state index is 11.9. The van der Waals surface area contributed by atoms with Crippen LogP contribution in [0.1, 0.15) is 11.1 Å². The van der Waals surface area contributed by atoms with Crippen LogP contribution in [-0.2, 0) is 23.2 Å². The molecule has 1 aliphatic heterocycles. The summed E-state index contributed by atoms with van der Waals surface area (Å²) in [7, 11) is 2.53. The van der Waals surface area contributed by atoms with Crippen molar-refractivity contribution in [3.05, 3.63) is 35.4 Å². The highest BCUT2D eigenvalue weighted by Crippen LogP contribution is 2.34. The number of hydrogen-bond donors (Lipinski definition) is 1. The first-order valence-electron chi connectivity index (χ1n) is 8.36. The number of anilines is 2. The lowest BCUT2D eigenvalue weighted by Crippen LogP contribution is -2.32. The van der Waals surface area contributed by atoms with E-state index in [-0.39, 0.29) is 5.82 Å². The van der Waals surface area contributed by atoms with Gasteiger partial charge < -0.3 is 14.4 Å². The number of methoxy groups -OCH3 is 2. The van der Waals surface area contributed by atoms with Crippen LogP contribution in [0.15, 0.2) is 24.3 Å². The van der Waals surface area contributed by atoms with Gasteiger partial charge in [-0.25, -0.2) is 0 Å². The molecular formula is C17H23N5O4S. The number of fused-ring (bicyclic) bond motifs is 1. The molecule has 3 rings (SSSR count). The molecule has 1 aromatic carbocycles. The van der Waals surface area contributed by atoms with E-state index in [2.05, 4.69) is 19.8 Å². The van der Waals surface area contributed by atoms with Gasteiger partial charge in [0.15, 0.2) is 23.1 Å². The first-order valence-corrected chi connectivity index (χ1v) is 9.81. The molecule has 2 aromatic rings. The van der Waals surface area contributed by atoms with Crippen LogP contribution in [-0.4, -0.2) is 57.8 Å². The second kappa shape index (κ2) is 7.57. The highest BCUT2D eigenvalue weighted by atomic mass is 32.2. The first-order chi connectivity index (χ1) is 12.8. The minimum Gasteiger partial charge on any atom is -0.493 e. The standard InChI is InChI=1S/C17H23N5O4S/c1-21(2)27(23,24)20-16-5-6-17(19-18-16)22-8-7-12-9-14(25-3)15(26-4)10-13(12)11-22/h5-6,9-10H,7-8,11H2,1-4H3,(H,18,20). The predicted octanol–water partition coefficient (Wildman–Crippen LogP) is 1.27. The number of aromatic nitrogens is 2. The van der Waals surface area contributed by atoms with Crippen LogP contribution in [0.25, 0.3) is 0 Å². The van der Waals surface area contributed by atoms with E-state index in [1.54, 1.807) is 26.4 Å². The highest BCUT2D eigenvalue weighted by molar-refractivity contribution is 7.90. The Morgan fingerprint density at radius 1 is 1.07 bits per heavy atom. The van der Waals surface area contributed by atoms with E-state index < -0.39 is 10.2 Å². The van der Waals surface area contributed by atoms with E-state index in [1.807, 2.05) is 12.1 Å². The topological polar surface area (TPSA) is 96.9 Å². The van der Waals surface area contributed by atoms with Crippen molar-refractivity contribution in [3.63, 3.8) is 0 Å². The molecule has 2 heterocycles. The summed E-state index contributed by atoms with van der Waals surface area (Å²) < 4.78 is 37.9. The summed E-state index contributed by atoms with van der Waals surface area (Å²) in [6.07, 6.45) is 0.840. The van der Waals surface area contributed by atoms with Gasteiger partial charge >= 0.3 is 10.2 Å². The highest BCUT2D eigenvalue weighted by Gasteiger charge is 2.21.